The Morgan fingerprint density at radius 3 is 2.45 bits per heavy atom. The molecule has 0 bridgehead atoms. The SMILES string of the molecule is CC(C)Cn1c(=O)c(C(=O)N2CCN(c3ccccc3)CC2)nc2cccnc21. The van der Waals surface area contributed by atoms with Gasteiger partial charge in [0, 0.05) is 44.6 Å². The summed E-state index contributed by atoms with van der Waals surface area (Å²) in [7, 11) is 0. The summed E-state index contributed by atoms with van der Waals surface area (Å²) in [4.78, 5) is 38.9. The molecule has 4 rings (SSSR count). The number of aromatic nitrogens is 3. The zero-order valence-electron chi connectivity index (χ0n) is 16.8. The van der Waals surface area contributed by atoms with E-state index in [-0.39, 0.29) is 23.1 Å². The minimum atomic E-state index is -0.361. The molecular weight excluding hydrogens is 366 g/mol. The number of hydrogen-bond acceptors (Lipinski definition) is 5. The Hall–Kier alpha value is -3.22. The van der Waals surface area contributed by atoms with Crippen LogP contribution in [0.1, 0.15) is 24.3 Å². The highest BCUT2D eigenvalue weighted by molar-refractivity contribution is 5.93. The van der Waals surface area contributed by atoms with Crippen molar-refractivity contribution in [3.8, 4) is 0 Å². The molecule has 1 saturated heterocycles. The van der Waals surface area contributed by atoms with Gasteiger partial charge in [-0.15, -0.1) is 0 Å². The van der Waals surface area contributed by atoms with E-state index in [0.29, 0.717) is 30.8 Å². The maximum absolute atomic E-state index is 13.2. The van der Waals surface area contributed by atoms with Gasteiger partial charge >= 0.3 is 0 Å². The lowest BCUT2D eigenvalue weighted by Gasteiger charge is -2.35. The third-order valence-electron chi connectivity index (χ3n) is 5.14. The van der Waals surface area contributed by atoms with E-state index in [1.54, 1.807) is 27.8 Å². The number of rotatable bonds is 4. The van der Waals surface area contributed by atoms with Crippen LogP contribution < -0.4 is 10.5 Å². The third-order valence-corrected chi connectivity index (χ3v) is 5.14. The maximum atomic E-state index is 13.2. The molecule has 1 aliphatic rings. The number of piperazine rings is 1. The lowest BCUT2D eigenvalue weighted by molar-refractivity contribution is 0.0738. The van der Waals surface area contributed by atoms with Crippen LogP contribution in [0.3, 0.4) is 0 Å². The lowest BCUT2D eigenvalue weighted by Crippen LogP contribution is -2.50. The van der Waals surface area contributed by atoms with E-state index in [1.165, 1.54) is 0 Å². The number of fused-ring (bicyclic) bond motifs is 1. The van der Waals surface area contributed by atoms with Gasteiger partial charge in [-0.3, -0.25) is 14.2 Å². The minimum Gasteiger partial charge on any atom is -0.368 e. The van der Waals surface area contributed by atoms with Gasteiger partial charge in [0.05, 0.1) is 0 Å². The molecule has 2 aromatic heterocycles. The van der Waals surface area contributed by atoms with Crippen molar-refractivity contribution in [2.45, 2.75) is 20.4 Å². The molecule has 0 aliphatic carbocycles. The molecule has 1 aromatic carbocycles. The van der Waals surface area contributed by atoms with Crippen LogP contribution in [0.25, 0.3) is 11.2 Å². The molecule has 1 fully saturated rings. The van der Waals surface area contributed by atoms with Crippen molar-refractivity contribution in [1.29, 1.82) is 0 Å². The molecule has 3 aromatic rings. The topological polar surface area (TPSA) is 71.3 Å². The highest BCUT2D eigenvalue weighted by Crippen LogP contribution is 2.17. The molecule has 150 valence electrons. The number of benzene rings is 1. The molecule has 0 unspecified atom stereocenters. The normalized spacial score (nSPS) is 14.6. The zero-order chi connectivity index (χ0) is 20.4. The minimum absolute atomic E-state index is 0.0145. The average molecular weight is 391 g/mol. The van der Waals surface area contributed by atoms with Gasteiger partial charge in [0.2, 0.25) is 0 Å². The summed E-state index contributed by atoms with van der Waals surface area (Å²) in [6.45, 7) is 7.14. The highest BCUT2D eigenvalue weighted by atomic mass is 16.2. The average Bonchev–Trinajstić information content (AvgIpc) is 2.75. The van der Waals surface area contributed by atoms with Crippen molar-refractivity contribution < 1.29 is 4.79 Å². The Morgan fingerprint density at radius 2 is 1.76 bits per heavy atom. The number of nitrogens with zero attached hydrogens (tertiary/aromatic N) is 5. The number of hydrogen-bond donors (Lipinski definition) is 0. The molecule has 0 spiro atoms. The van der Waals surface area contributed by atoms with Gasteiger partial charge in [-0.2, -0.15) is 0 Å². The van der Waals surface area contributed by atoms with Gasteiger partial charge in [-0.25, -0.2) is 9.97 Å². The number of para-hydroxylation sites is 1. The van der Waals surface area contributed by atoms with Crippen LogP contribution in [-0.2, 0) is 6.54 Å². The fourth-order valence-electron chi connectivity index (χ4n) is 3.71. The van der Waals surface area contributed by atoms with Crippen LogP contribution in [0.15, 0.2) is 53.5 Å². The zero-order valence-corrected chi connectivity index (χ0v) is 16.8. The van der Waals surface area contributed by atoms with Crippen molar-refractivity contribution in [3.63, 3.8) is 0 Å². The van der Waals surface area contributed by atoms with Gasteiger partial charge < -0.3 is 9.80 Å². The molecular formula is C22H25N5O2. The summed E-state index contributed by atoms with van der Waals surface area (Å²) in [5.41, 5.74) is 1.86. The second-order valence-electron chi connectivity index (χ2n) is 7.73. The van der Waals surface area contributed by atoms with Crippen molar-refractivity contribution in [1.82, 2.24) is 19.4 Å². The first kappa shape index (κ1) is 19.1. The Morgan fingerprint density at radius 1 is 1.03 bits per heavy atom. The van der Waals surface area contributed by atoms with E-state index in [1.807, 2.05) is 32.0 Å². The summed E-state index contributed by atoms with van der Waals surface area (Å²) < 4.78 is 1.58. The molecule has 7 heteroatoms. The fourth-order valence-corrected chi connectivity index (χ4v) is 3.71. The van der Waals surface area contributed by atoms with E-state index in [2.05, 4.69) is 27.0 Å². The lowest BCUT2D eigenvalue weighted by atomic mass is 10.2. The van der Waals surface area contributed by atoms with Gasteiger partial charge in [-0.05, 0) is 30.2 Å². The van der Waals surface area contributed by atoms with Crippen LogP contribution in [0.2, 0.25) is 0 Å². The summed E-state index contributed by atoms with van der Waals surface area (Å²) in [6.07, 6.45) is 1.64. The van der Waals surface area contributed by atoms with Gasteiger partial charge in [-0.1, -0.05) is 32.0 Å². The van der Waals surface area contributed by atoms with E-state index < -0.39 is 0 Å². The Bertz CT molecular complexity index is 1070. The first-order valence-corrected chi connectivity index (χ1v) is 9.99. The van der Waals surface area contributed by atoms with Gasteiger partial charge in [0.25, 0.3) is 11.5 Å². The maximum Gasteiger partial charge on any atom is 0.283 e. The molecule has 7 nitrogen and oxygen atoms in total. The highest BCUT2D eigenvalue weighted by Gasteiger charge is 2.27. The first-order chi connectivity index (χ1) is 14.0. The van der Waals surface area contributed by atoms with E-state index in [9.17, 15) is 9.59 Å². The number of carbonyl (C=O) groups is 1. The Balaban J connectivity index is 1.61. The van der Waals surface area contributed by atoms with Crippen molar-refractivity contribution in [2.24, 2.45) is 5.92 Å². The Labute approximate surface area is 169 Å². The van der Waals surface area contributed by atoms with Gasteiger partial charge in [0.1, 0.15) is 5.52 Å². The monoisotopic (exact) mass is 391 g/mol. The second-order valence-corrected chi connectivity index (χ2v) is 7.73. The molecule has 3 heterocycles. The molecule has 0 radical (unpaired) electrons. The van der Waals surface area contributed by atoms with Crippen LogP contribution in [0.4, 0.5) is 5.69 Å². The molecule has 0 saturated carbocycles. The van der Waals surface area contributed by atoms with Crippen LogP contribution in [0.5, 0.6) is 0 Å². The van der Waals surface area contributed by atoms with Gasteiger partial charge in [0.15, 0.2) is 11.3 Å². The fraction of sp³-hybridized carbons (Fsp3) is 0.364. The van der Waals surface area contributed by atoms with Crippen LogP contribution >= 0.6 is 0 Å². The molecule has 0 N–H and O–H groups in total. The molecule has 1 aliphatic heterocycles. The smallest absolute Gasteiger partial charge is 0.283 e. The standard InChI is InChI=1S/C22H25N5O2/c1-16(2)15-27-20-18(9-6-10-23-20)24-19(22(27)29)21(28)26-13-11-25(12-14-26)17-7-4-3-5-8-17/h3-10,16H,11-15H2,1-2H3. The number of carbonyl (C=O) groups excluding carboxylic acids is 1. The first-order valence-electron chi connectivity index (χ1n) is 9.99. The number of amides is 1. The van der Waals surface area contributed by atoms with Crippen LogP contribution in [-0.4, -0.2) is 51.5 Å². The summed E-state index contributed by atoms with van der Waals surface area (Å²) in [5, 5.41) is 0. The molecule has 29 heavy (non-hydrogen) atoms. The number of anilines is 1. The summed E-state index contributed by atoms with van der Waals surface area (Å²) in [6, 6.07) is 13.7. The van der Waals surface area contributed by atoms with E-state index in [0.717, 1.165) is 18.8 Å². The van der Waals surface area contributed by atoms with Crippen molar-refractivity contribution >= 4 is 22.8 Å². The second kappa shape index (κ2) is 8.03. The quantitative estimate of drug-likeness (QED) is 0.683. The largest absolute Gasteiger partial charge is 0.368 e. The number of pyridine rings is 1. The van der Waals surface area contributed by atoms with Crippen molar-refractivity contribution in [3.05, 3.63) is 64.7 Å². The third kappa shape index (κ3) is 3.85. The summed E-state index contributed by atoms with van der Waals surface area (Å²) in [5.74, 6) is -0.0522. The Kier molecular flexibility index (Phi) is 5.29. The van der Waals surface area contributed by atoms with Crippen LogP contribution in [0, 0.1) is 5.92 Å². The predicted octanol–water partition coefficient (Wildman–Crippen LogP) is 2.41. The molecule has 1 amide bonds. The van der Waals surface area contributed by atoms with Crippen molar-refractivity contribution in [2.75, 3.05) is 31.1 Å². The molecule has 0 atom stereocenters. The van der Waals surface area contributed by atoms with E-state index in [4.69, 9.17) is 0 Å². The van der Waals surface area contributed by atoms with E-state index >= 15 is 0 Å². The summed E-state index contributed by atoms with van der Waals surface area (Å²) >= 11 is 0. The predicted molar refractivity (Wildman–Crippen MR) is 113 cm³/mol.